The molecule has 2 rings (SSSR count). The summed E-state index contributed by atoms with van der Waals surface area (Å²) in [5.41, 5.74) is 0. The van der Waals surface area contributed by atoms with Crippen LogP contribution < -0.4 is 4.72 Å². The molecule has 0 spiro atoms. The molecular weight excluding hydrogens is 252 g/mol. The van der Waals surface area contributed by atoms with Crippen LogP contribution in [0.3, 0.4) is 0 Å². The highest BCUT2D eigenvalue weighted by Gasteiger charge is 2.34. The smallest absolute Gasteiger partial charge is 0.216 e. The Morgan fingerprint density at radius 3 is 2.72 bits per heavy atom. The van der Waals surface area contributed by atoms with Crippen molar-refractivity contribution in [3.05, 3.63) is 0 Å². The molecule has 0 bridgehead atoms. The van der Waals surface area contributed by atoms with Crippen LogP contribution in [-0.2, 0) is 14.8 Å². The molecule has 2 fully saturated rings. The zero-order valence-electron chi connectivity index (χ0n) is 11.3. The van der Waals surface area contributed by atoms with Gasteiger partial charge in [-0.1, -0.05) is 0 Å². The van der Waals surface area contributed by atoms with Crippen molar-refractivity contribution in [3.8, 4) is 0 Å². The van der Waals surface area contributed by atoms with Crippen LogP contribution in [0.15, 0.2) is 0 Å². The SMILES string of the molecule is COCC(C)S(=O)(=O)NCC1CCN(C2CC2)C1. The lowest BCUT2D eigenvalue weighted by Gasteiger charge is -2.17. The number of nitrogens with one attached hydrogen (secondary N) is 1. The summed E-state index contributed by atoms with van der Waals surface area (Å²) in [6.07, 6.45) is 3.75. The Kier molecular flexibility index (Phi) is 4.64. The Balaban J connectivity index is 1.74. The van der Waals surface area contributed by atoms with E-state index < -0.39 is 15.3 Å². The van der Waals surface area contributed by atoms with Crippen molar-refractivity contribution in [2.24, 2.45) is 5.92 Å². The molecule has 1 N–H and O–H groups in total. The Labute approximate surface area is 110 Å². The first-order chi connectivity index (χ1) is 8.53. The summed E-state index contributed by atoms with van der Waals surface area (Å²) in [4.78, 5) is 2.50. The molecule has 2 aliphatic rings. The van der Waals surface area contributed by atoms with E-state index in [0.717, 1.165) is 25.6 Å². The average molecular weight is 276 g/mol. The van der Waals surface area contributed by atoms with Gasteiger partial charge in [0.05, 0.1) is 11.9 Å². The van der Waals surface area contributed by atoms with Crippen molar-refractivity contribution in [2.75, 3.05) is 33.4 Å². The van der Waals surface area contributed by atoms with Crippen LogP contribution in [0.2, 0.25) is 0 Å². The summed E-state index contributed by atoms with van der Waals surface area (Å²) in [7, 11) is -1.70. The minimum Gasteiger partial charge on any atom is -0.383 e. The van der Waals surface area contributed by atoms with E-state index in [9.17, 15) is 8.42 Å². The maximum atomic E-state index is 11.9. The fraction of sp³-hybridized carbons (Fsp3) is 1.00. The summed E-state index contributed by atoms with van der Waals surface area (Å²) < 4.78 is 31.4. The van der Waals surface area contributed by atoms with E-state index in [1.54, 1.807) is 6.92 Å². The third-order valence-corrected chi connectivity index (χ3v) is 5.65. The molecule has 1 aliphatic heterocycles. The molecule has 0 amide bonds. The summed E-state index contributed by atoms with van der Waals surface area (Å²) in [5.74, 6) is 0.468. The predicted octanol–water partition coefficient (Wildman–Crippen LogP) is 0.425. The summed E-state index contributed by atoms with van der Waals surface area (Å²) in [5, 5.41) is -0.483. The van der Waals surface area contributed by atoms with Gasteiger partial charge in [-0.2, -0.15) is 0 Å². The number of nitrogens with zero attached hydrogens (tertiary/aromatic N) is 1. The number of sulfonamides is 1. The maximum Gasteiger partial charge on any atom is 0.216 e. The number of hydrogen-bond acceptors (Lipinski definition) is 4. The lowest BCUT2D eigenvalue weighted by molar-refractivity contribution is 0.200. The van der Waals surface area contributed by atoms with Gasteiger partial charge in [0.25, 0.3) is 0 Å². The standard InChI is InChI=1S/C12H24N2O3S/c1-10(9-17-2)18(15,16)13-7-11-5-6-14(8-11)12-3-4-12/h10-13H,3-9H2,1-2H3. The van der Waals surface area contributed by atoms with Crippen LogP contribution in [0.5, 0.6) is 0 Å². The normalized spacial score (nSPS) is 27.6. The van der Waals surface area contributed by atoms with Gasteiger partial charge >= 0.3 is 0 Å². The zero-order chi connectivity index (χ0) is 13.2. The van der Waals surface area contributed by atoms with E-state index in [4.69, 9.17) is 4.74 Å². The van der Waals surface area contributed by atoms with Crippen molar-refractivity contribution in [2.45, 2.75) is 37.5 Å². The Morgan fingerprint density at radius 2 is 2.11 bits per heavy atom. The minimum absolute atomic E-state index is 0.244. The first kappa shape index (κ1) is 14.2. The van der Waals surface area contributed by atoms with E-state index in [2.05, 4.69) is 9.62 Å². The predicted molar refractivity (Wildman–Crippen MR) is 71.0 cm³/mol. The van der Waals surface area contributed by atoms with Crippen LogP contribution in [-0.4, -0.2) is 58.0 Å². The number of hydrogen-bond donors (Lipinski definition) is 1. The molecule has 2 atom stereocenters. The number of ether oxygens (including phenoxy) is 1. The molecule has 5 nitrogen and oxygen atoms in total. The van der Waals surface area contributed by atoms with Gasteiger partial charge in [-0.25, -0.2) is 13.1 Å². The van der Waals surface area contributed by atoms with E-state index in [1.165, 1.54) is 20.0 Å². The number of methoxy groups -OCH3 is 1. The van der Waals surface area contributed by atoms with Gasteiger partial charge in [0.15, 0.2) is 0 Å². The van der Waals surface area contributed by atoms with Gasteiger partial charge in [0, 0.05) is 26.2 Å². The Bertz CT molecular complexity index is 368. The molecule has 18 heavy (non-hydrogen) atoms. The van der Waals surface area contributed by atoms with Gasteiger partial charge in [0.2, 0.25) is 10.0 Å². The van der Waals surface area contributed by atoms with Crippen molar-refractivity contribution in [1.82, 2.24) is 9.62 Å². The first-order valence-electron chi connectivity index (χ1n) is 6.74. The van der Waals surface area contributed by atoms with Gasteiger partial charge in [-0.15, -0.1) is 0 Å². The lowest BCUT2D eigenvalue weighted by Crippen LogP contribution is -2.38. The van der Waals surface area contributed by atoms with Crippen LogP contribution in [0.1, 0.15) is 26.2 Å². The highest BCUT2D eigenvalue weighted by molar-refractivity contribution is 7.90. The summed E-state index contributed by atoms with van der Waals surface area (Å²) in [6.45, 7) is 4.67. The highest BCUT2D eigenvalue weighted by atomic mass is 32.2. The van der Waals surface area contributed by atoms with Crippen LogP contribution in [0.4, 0.5) is 0 Å². The van der Waals surface area contributed by atoms with Crippen molar-refractivity contribution in [1.29, 1.82) is 0 Å². The van der Waals surface area contributed by atoms with E-state index in [0.29, 0.717) is 12.5 Å². The molecule has 0 aromatic heterocycles. The molecular formula is C12H24N2O3S. The van der Waals surface area contributed by atoms with Gasteiger partial charge in [-0.05, 0) is 38.6 Å². The van der Waals surface area contributed by atoms with E-state index in [-0.39, 0.29) is 6.61 Å². The van der Waals surface area contributed by atoms with Crippen LogP contribution >= 0.6 is 0 Å². The molecule has 0 aromatic carbocycles. The molecule has 0 aromatic rings. The monoisotopic (exact) mass is 276 g/mol. The molecule has 2 unspecified atom stereocenters. The fourth-order valence-corrected chi connectivity index (χ4v) is 3.57. The molecule has 1 heterocycles. The molecule has 1 aliphatic carbocycles. The fourth-order valence-electron chi connectivity index (χ4n) is 2.50. The highest BCUT2D eigenvalue weighted by Crippen LogP contribution is 2.31. The summed E-state index contributed by atoms with van der Waals surface area (Å²) >= 11 is 0. The second-order valence-electron chi connectivity index (χ2n) is 5.54. The molecule has 0 radical (unpaired) electrons. The Hall–Kier alpha value is -0.170. The van der Waals surface area contributed by atoms with Crippen LogP contribution in [0.25, 0.3) is 0 Å². The second-order valence-corrected chi connectivity index (χ2v) is 7.72. The topological polar surface area (TPSA) is 58.6 Å². The van der Waals surface area contributed by atoms with Gasteiger partial charge in [-0.3, -0.25) is 0 Å². The maximum absolute atomic E-state index is 11.9. The van der Waals surface area contributed by atoms with Crippen molar-refractivity contribution in [3.63, 3.8) is 0 Å². The Morgan fingerprint density at radius 1 is 1.39 bits per heavy atom. The third kappa shape index (κ3) is 3.66. The van der Waals surface area contributed by atoms with E-state index >= 15 is 0 Å². The van der Waals surface area contributed by atoms with Gasteiger partial charge in [0.1, 0.15) is 0 Å². The molecule has 6 heteroatoms. The average Bonchev–Trinajstić information content (AvgIpc) is 3.07. The molecule has 106 valence electrons. The summed E-state index contributed by atoms with van der Waals surface area (Å²) in [6, 6.07) is 0.791. The quantitative estimate of drug-likeness (QED) is 0.732. The van der Waals surface area contributed by atoms with Crippen molar-refractivity contribution >= 4 is 10.0 Å². The van der Waals surface area contributed by atoms with E-state index in [1.807, 2.05) is 0 Å². The largest absolute Gasteiger partial charge is 0.383 e. The number of rotatable bonds is 7. The van der Waals surface area contributed by atoms with Crippen molar-refractivity contribution < 1.29 is 13.2 Å². The second kappa shape index (κ2) is 5.86. The zero-order valence-corrected chi connectivity index (χ0v) is 12.1. The molecule has 1 saturated heterocycles. The van der Waals surface area contributed by atoms with Gasteiger partial charge < -0.3 is 9.64 Å². The lowest BCUT2D eigenvalue weighted by atomic mass is 10.1. The first-order valence-corrected chi connectivity index (χ1v) is 8.29. The van der Waals surface area contributed by atoms with Crippen LogP contribution in [0, 0.1) is 5.92 Å². The third-order valence-electron chi connectivity index (χ3n) is 3.88. The number of likely N-dealkylation sites (tertiary alicyclic amines) is 1. The molecule has 1 saturated carbocycles. The minimum atomic E-state index is -3.23.